The number of nitrogens with one attached hydrogen (secondary N) is 3. The zero-order chi connectivity index (χ0) is 79.3. The molecule has 3 N–H and O–H groups in total. The predicted molar refractivity (Wildman–Crippen MR) is 392 cm³/mol. The van der Waals surface area contributed by atoms with Gasteiger partial charge < -0.3 is 60.0 Å². The fourth-order valence-corrected chi connectivity index (χ4v) is 14.3. The molecule has 1 aliphatic carbocycles. The zero-order valence-electron chi connectivity index (χ0n) is 64.3. The molecule has 106 heavy (non-hydrogen) atoms. The lowest BCUT2D eigenvalue weighted by molar-refractivity contribution is -0.160. The maximum atomic E-state index is 15.7. The molecule has 29 heteroatoms. The molecule has 0 bridgehead atoms. The largest absolute Gasteiger partial charge is 0.417 e. The third-order valence-electron chi connectivity index (χ3n) is 21.6. The summed E-state index contributed by atoms with van der Waals surface area (Å²) in [6.07, 6.45) is -4.38. The van der Waals surface area contributed by atoms with Crippen LogP contribution in [0.25, 0.3) is 0 Å². The molecular formula is C77H107ClF3N13O12. The van der Waals surface area contributed by atoms with Gasteiger partial charge in [-0.3, -0.25) is 57.5 Å². The number of likely N-dealkylation sites (N-methyl/N-ethyl adjacent to an activating group) is 8. The number of nitrogens with zero attached hydrogens (tertiary/aromatic N) is 10. The Balaban J connectivity index is 1.51. The van der Waals surface area contributed by atoms with Gasteiger partial charge in [0.1, 0.15) is 59.9 Å². The fraction of sp³-hybridized carbons (Fsp3) is 0.597. The Kier molecular flexibility index (Phi) is 29.9. The molecule has 2 aliphatic heterocycles. The van der Waals surface area contributed by atoms with Gasteiger partial charge in [0.15, 0.2) is 0 Å². The first-order valence-corrected chi connectivity index (χ1v) is 36.7. The fourth-order valence-electron chi connectivity index (χ4n) is 14.0. The van der Waals surface area contributed by atoms with Gasteiger partial charge in [0.05, 0.1) is 35.2 Å². The van der Waals surface area contributed by atoms with Gasteiger partial charge in [0.25, 0.3) is 0 Å². The van der Waals surface area contributed by atoms with E-state index < -0.39 is 172 Å². The number of aryl methyl sites for hydroxylation is 2. The molecular weight excluding hydrogens is 1390 g/mol. The van der Waals surface area contributed by atoms with Gasteiger partial charge in [-0.2, -0.15) is 18.4 Å². The maximum absolute atomic E-state index is 15.7. The van der Waals surface area contributed by atoms with Gasteiger partial charge in [-0.05, 0) is 111 Å². The summed E-state index contributed by atoms with van der Waals surface area (Å²) in [7, 11) is 12.4. The molecule has 1 saturated carbocycles. The van der Waals surface area contributed by atoms with Crippen LogP contribution in [0.5, 0.6) is 0 Å². The molecule has 3 aromatic rings. The van der Waals surface area contributed by atoms with E-state index in [0.717, 1.165) is 32.4 Å². The topological polar surface area (TPSA) is 294 Å². The Hall–Kier alpha value is -9.13. The number of carbonyl (C=O) groups is 12. The lowest BCUT2D eigenvalue weighted by Gasteiger charge is -2.45. The number of hydrogen-bond acceptors (Lipinski definition) is 13. The van der Waals surface area contributed by atoms with Crippen LogP contribution in [0.4, 0.5) is 13.2 Å². The van der Waals surface area contributed by atoms with Crippen LogP contribution < -0.4 is 16.0 Å². The molecule has 2 saturated heterocycles. The normalized spacial score (nSPS) is 24.5. The molecule has 3 aromatic carbocycles. The monoisotopic (exact) mass is 1500 g/mol. The van der Waals surface area contributed by atoms with Crippen LogP contribution in [0, 0.1) is 36.0 Å². The molecule has 2 heterocycles. The molecule has 12 amide bonds. The summed E-state index contributed by atoms with van der Waals surface area (Å²) in [5.41, 5.74) is -0.376. The first kappa shape index (κ1) is 85.8. The second kappa shape index (κ2) is 36.9. The van der Waals surface area contributed by atoms with E-state index in [9.17, 15) is 52.0 Å². The van der Waals surface area contributed by atoms with Crippen molar-refractivity contribution in [2.24, 2.45) is 17.8 Å². The molecule has 25 nitrogen and oxygen atoms in total. The third-order valence-corrected chi connectivity index (χ3v) is 21.9. The number of nitriles is 1. The van der Waals surface area contributed by atoms with E-state index in [1.54, 1.807) is 45.0 Å². The second-order valence-corrected chi connectivity index (χ2v) is 30.1. The van der Waals surface area contributed by atoms with Crippen LogP contribution in [0.15, 0.2) is 66.7 Å². The van der Waals surface area contributed by atoms with Crippen LogP contribution in [-0.2, 0) is 83.0 Å². The summed E-state index contributed by atoms with van der Waals surface area (Å²) in [6.45, 7) is 13.5. The van der Waals surface area contributed by atoms with E-state index in [4.69, 9.17) is 11.6 Å². The molecule has 0 aromatic heterocycles. The number of fused-ring (bicyclic) bond motifs is 1. The van der Waals surface area contributed by atoms with Crippen molar-refractivity contribution in [2.75, 3.05) is 76.5 Å². The van der Waals surface area contributed by atoms with Crippen LogP contribution in [0.1, 0.15) is 146 Å². The molecule has 0 radical (unpaired) electrons. The van der Waals surface area contributed by atoms with Gasteiger partial charge in [0, 0.05) is 82.8 Å². The highest BCUT2D eigenvalue weighted by molar-refractivity contribution is 6.31. The van der Waals surface area contributed by atoms with Crippen molar-refractivity contribution >= 4 is 82.5 Å². The molecule has 1 spiro atoms. The minimum atomic E-state index is -4.81. The number of amides is 12. The molecule has 3 fully saturated rings. The Morgan fingerprint density at radius 1 is 0.670 bits per heavy atom. The first-order chi connectivity index (χ1) is 49.6. The second-order valence-electron chi connectivity index (χ2n) is 29.7. The van der Waals surface area contributed by atoms with Gasteiger partial charge in [-0.1, -0.05) is 127 Å². The van der Waals surface area contributed by atoms with E-state index in [-0.39, 0.29) is 75.0 Å². The van der Waals surface area contributed by atoms with E-state index in [1.807, 2.05) is 45.9 Å². The van der Waals surface area contributed by atoms with E-state index in [2.05, 4.69) is 16.0 Å². The highest BCUT2D eigenvalue weighted by Crippen LogP contribution is 2.37. The zero-order valence-corrected chi connectivity index (χ0v) is 65.0. The van der Waals surface area contributed by atoms with Crippen LogP contribution >= 0.6 is 11.6 Å². The molecule has 11 atom stereocenters. The molecule has 6 rings (SSSR count). The summed E-state index contributed by atoms with van der Waals surface area (Å²) in [5.74, 6) is -10.2. The van der Waals surface area contributed by atoms with Gasteiger partial charge in [-0.25, -0.2) is 0 Å². The molecule has 580 valence electrons. The average molecular weight is 1500 g/mol. The first-order valence-electron chi connectivity index (χ1n) is 36.3. The van der Waals surface area contributed by atoms with E-state index in [0.29, 0.717) is 36.8 Å². The summed E-state index contributed by atoms with van der Waals surface area (Å²) in [4.78, 5) is 192. The van der Waals surface area contributed by atoms with Gasteiger partial charge >= 0.3 is 6.18 Å². The van der Waals surface area contributed by atoms with Crippen LogP contribution in [0.3, 0.4) is 0 Å². The van der Waals surface area contributed by atoms with Gasteiger partial charge in [0.2, 0.25) is 70.9 Å². The van der Waals surface area contributed by atoms with Crippen molar-refractivity contribution in [1.29, 1.82) is 5.26 Å². The molecule has 3 aliphatic rings. The van der Waals surface area contributed by atoms with Gasteiger partial charge in [-0.15, -0.1) is 0 Å². The predicted octanol–water partition coefficient (Wildman–Crippen LogP) is 6.03. The number of halogens is 4. The summed E-state index contributed by atoms with van der Waals surface area (Å²) in [6, 6.07) is 6.32. The summed E-state index contributed by atoms with van der Waals surface area (Å²) >= 11 is 6.19. The highest BCUT2D eigenvalue weighted by atomic mass is 35.5. The van der Waals surface area contributed by atoms with E-state index in [1.165, 1.54) is 118 Å². The number of hydrogen-bond donors (Lipinski definition) is 3. The number of carbonyl (C=O) groups excluding carboxylic acids is 12. The third kappa shape index (κ3) is 20.5. The molecule has 1 unspecified atom stereocenters. The van der Waals surface area contributed by atoms with Crippen molar-refractivity contribution in [3.63, 3.8) is 0 Å². The smallest absolute Gasteiger partial charge is 0.347 e. The number of alkyl halides is 3. The lowest BCUT2D eigenvalue weighted by Crippen LogP contribution is -2.65. The quantitative estimate of drug-likeness (QED) is 0.166. The Morgan fingerprint density at radius 2 is 1.24 bits per heavy atom. The minimum Gasteiger partial charge on any atom is -0.347 e. The standard InChI is InChI=1S/C77H107ClF3N13O12/c1-18-47(6)64-73(104)88(12)49(8)68(99)94-37-34-57(94)72(103)91(15)60(41-51-24-22-46(5)23-25-51)71(102)87(11)44-62(95)83-56(33-31-50-30-32-54(55(78)39-50)77(79,80)81)69(100)90(14)59(40-52-26-28-53(43-82)29-27-52)67(98)85-76(35-20-21-36-76)75(106)93(17)65(48(7)19-2)74(105)92(16)61(70(101)86(9)10)42-63(96)89(13)58(38-45(3)4)66(97)84-64/h22-30,32,39,45,47-49,56-61,64-65H,18-21,31,33-38,40-42,44H2,1-17H3,(H,83,95)(H,84,97)(H,85,98)/t47-,48-,49-,56-,57?,58-,59-,60-,61-,64-,65-/m0/s1. The average Bonchev–Trinajstić information content (AvgIpc) is 1.46. The van der Waals surface area contributed by atoms with Crippen LogP contribution in [0.2, 0.25) is 5.02 Å². The van der Waals surface area contributed by atoms with Crippen molar-refractivity contribution in [2.45, 2.75) is 205 Å². The van der Waals surface area contributed by atoms with Crippen molar-refractivity contribution < 1.29 is 70.7 Å². The summed E-state index contributed by atoms with van der Waals surface area (Å²) in [5, 5.41) is 17.7. The van der Waals surface area contributed by atoms with Crippen molar-refractivity contribution in [3.05, 3.63) is 105 Å². The summed E-state index contributed by atoms with van der Waals surface area (Å²) < 4.78 is 42.0. The minimum absolute atomic E-state index is 0.0609. The lowest BCUT2D eigenvalue weighted by atomic mass is 9.90. The maximum Gasteiger partial charge on any atom is 0.417 e. The number of rotatable bonds is 14. The Morgan fingerprint density at radius 3 is 1.76 bits per heavy atom. The Bertz CT molecular complexity index is 3750. The van der Waals surface area contributed by atoms with Crippen molar-refractivity contribution in [3.8, 4) is 6.07 Å². The highest BCUT2D eigenvalue weighted by Gasteiger charge is 2.51. The van der Waals surface area contributed by atoms with Crippen molar-refractivity contribution in [1.82, 2.24) is 60.0 Å². The SMILES string of the molecule is CC[C@H](C)[C@@H]1NC(=O)[C@H](CC(C)C)N(C)C(=O)C[C@@H](C(=O)N(C)C)N(C)C(=O)[C@H]([C@@H](C)CC)N(C)C(=O)C2(CCCC2)NC(=O)[C@H](Cc2ccc(C#N)cc2)N(C)C(=O)[C@H](CCc2ccc(C(F)(F)F)c(Cl)c2)NC(=O)CN(C)C(=O)[C@H](Cc2ccc(C)cc2)N(C)C(=O)C2CCN2C(=O)[C@H](C)N(C)C1=O. The van der Waals surface area contributed by atoms with Crippen LogP contribution in [-0.4, -0.2) is 251 Å². The van der Waals surface area contributed by atoms with E-state index >= 15 is 24.0 Å². The Labute approximate surface area is 626 Å². The number of benzene rings is 3.